The number of nitro groups is 1. The smallest absolute Gasteiger partial charge is 0.319 e. The first kappa shape index (κ1) is 19.0. The highest BCUT2D eigenvalue weighted by Gasteiger charge is 2.17. The summed E-state index contributed by atoms with van der Waals surface area (Å²) in [7, 11) is 0. The number of nitro benzene ring substituents is 1. The SMILES string of the molecule is Cc1cc(F)c(NC(=O)NCCc2csc(N3CCCC3)n2)cc1[N+](=O)[O-]. The van der Waals surface area contributed by atoms with E-state index in [-0.39, 0.29) is 16.9 Å². The van der Waals surface area contributed by atoms with Crippen LogP contribution in [-0.4, -0.2) is 35.6 Å². The largest absolute Gasteiger partial charge is 0.348 e. The standard InChI is InChI=1S/C17H20FN5O3S/c1-11-8-13(18)14(9-15(11)23(25)26)21-16(24)19-5-4-12-10-27-17(20-12)22-6-2-3-7-22/h8-10H,2-7H2,1H3,(H2,19,21,24). The van der Waals surface area contributed by atoms with Crippen molar-refractivity contribution in [3.05, 3.63) is 44.7 Å². The minimum absolute atomic E-state index is 0.195. The Labute approximate surface area is 159 Å². The molecule has 0 saturated carbocycles. The number of halogens is 1. The predicted octanol–water partition coefficient (Wildman–Crippen LogP) is 3.46. The molecule has 1 saturated heterocycles. The lowest BCUT2D eigenvalue weighted by atomic mass is 10.1. The molecule has 0 spiro atoms. The molecular formula is C17H20FN5O3S. The summed E-state index contributed by atoms with van der Waals surface area (Å²) in [6.07, 6.45) is 2.92. The van der Waals surface area contributed by atoms with Gasteiger partial charge in [0, 0.05) is 43.1 Å². The van der Waals surface area contributed by atoms with Gasteiger partial charge < -0.3 is 15.5 Å². The molecule has 1 aliphatic rings. The molecule has 27 heavy (non-hydrogen) atoms. The summed E-state index contributed by atoms with van der Waals surface area (Å²) in [5.41, 5.74) is 0.610. The van der Waals surface area contributed by atoms with E-state index < -0.39 is 16.8 Å². The summed E-state index contributed by atoms with van der Waals surface area (Å²) < 4.78 is 13.9. The van der Waals surface area contributed by atoms with Crippen LogP contribution in [0.3, 0.4) is 0 Å². The molecule has 1 aliphatic heterocycles. The van der Waals surface area contributed by atoms with Crippen molar-refractivity contribution in [2.75, 3.05) is 29.9 Å². The third-order valence-corrected chi connectivity index (χ3v) is 5.26. The van der Waals surface area contributed by atoms with Crippen LogP contribution in [0.2, 0.25) is 0 Å². The summed E-state index contributed by atoms with van der Waals surface area (Å²) in [6, 6.07) is 1.43. The summed E-state index contributed by atoms with van der Waals surface area (Å²) in [4.78, 5) is 29.1. The van der Waals surface area contributed by atoms with Crippen LogP contribution >= 0.6 is 11.3 Å². The normalized spacial score (nSPS) is 13.6. The maximum atomic E-state index is 13.9. The molecule has 3 rings (SSSR count). The van der Waals surface area contributed by atoms with Gasteiger partial charge in [-0.1, -0.05) is 0 Å². The van der Waals surface area contributed by atoms with Gasteiger partial charge in [0.05, 0.1) is 16.3 Å². The van der Waals surface area contributed by atoms with Crippen LogP contribution in [0.5, 0.6) is 0 Å². The number of carbonyl (C=O) groups excluding carboxylic acids is 1. The first-order valence-electron chi connectivity index (χ1n) is 8.63. The van der Waals surface area contributed by atoms with Gasteiger partial charge in [-0.15, -0.1) is 11.3 Å². The van der Waals surface area contributed by atoms with Gasteiger partial charge in [-0.05, 0) is 25.8 Å². The number of aryl methyl sites for hydroxylation is 1. The van der Waals surface area contributed by atoms with Crippen molar-refractivity contribution in [2.24, 2.45) is 0 Å². The van der Waals surface area contributed by atoms with Crippen molar-refractivity contribution in [1.82, 2.24) is 10.3 Å². The zero-order valence-electron chi connectivity index (χ0n) is 14.8. The number of thiazole rings is 1. The number of hydrogen-bond acceptors (Lipinski definition) is 6. The molecule has 2 heterocycles. The van der Waals surface area contributed by atoms with Gasteiger partial charge in [0.25, 0.3) is 5.69 Å². The second-order valence-electron chi connectivity index (χ2n) is 6.32. The van der Waals surface area contributed by atoms with Crippen LogP contribution in [0.25, 0.3) is 0 Å². The quantitative estimate of drug-likeness (QED) is 0.578. The van der Waals surface area contributed by atoms with E-state index in [9.17, 15) is 19.3 Å². The van der Waals surface area contributed by atoms with Gasteiger partial charge in [-0.3, -0.25) is 10.1 Å². The number of amides is 2. The number of urea groups is 1. The van der Waals surface area contributed by atoms with Crippen LogP contribution in [0.1, 0.15) is 24.1 Å². The molecule has 8 nitrogen and oxygen atoms in total. The van der Waals surface area contributed by atoms with Crippen molar-refractivity contribution in [1.29, 1.82) is 0 Å². The van der Waals surface area contributed by atoms with E-state index in [0.717, 1.165) is 36.0 Å². The molecule has 0 unspecified atom stereocenters. The minimum atomic E-state index is -0.719. The molecule has 2 amide bonds. The van der Waals surface area contributed by atoms with Crippen molar-refractivity contribution < 1.29 is 14.1 Å². The Morgan fingerprint density at radius 2 is 2.15 bits per heavy atom. The number of aromatic nitrogens is 1. The van der Waals surface area contributed by atoms with Gasteiger partial charge in [-0.25, -0.2) is 14.2 Å². The van der Waals surface area contributed by atoms with E-state index in [2.05, 4.69) is 20.5 Å². The highest BCUT2D eigenvalue weighted by molar-refractivity contribution is 7.13. The molecule has 1 aromatic heterocycles. The van der Waals surface area contributed by atoms with Gasteiger partial charge in [0.2, 0.25) is 0 Å². The van der Waals surface area contributed by atoms with Crippen LogP contribution in [0, 0.1) is 22.9 Å². The summed E-state index contributed by atoms with van der Waals surface area (Å²) >= 11 is 1.59. The number of nitrogens with zero attached hydrogens (tertiary/aromatic N) is 3. The van der Waals surface area contributed by atoms with Crippen molar-refractivity contribution in [3.63, 3.8) is 0 Å². The number of nitrogens with one attached hydrogen (secondary N) is 2. The lowest BCUT2D eigenvalue weighted by Gasteiger charge is -2.12. The first-order valence-corrected chi connectivity index (χ1v) is 9.51. The lowest BCUT2D eigenvalue weighted by molar-refractivity contribution is -0.385. The number of hydrogen-bond donors (Lipinski definition) is 2. The molecule has 144 valence electrons. The van der Waals surface area contributed by atoms with E-state index in [0.29, 0.717) is 13.0 Å². The Morgan fingerprint density at radius 1 is 1.41 bits per heavy atom. The van der Waals surface area contributed by atoms with E-state index in [4.69, 9.17) is 0 Å². The predicted molar refractivity (Wildman–Crippen MR) is 102 cm³/mol. The van der Waals surface area contributed by atoms with Crippen LogP contribution < -0.4 is 15.5 Å². The van der Waals surface area contributed by atoms with Gasteiger partial charge in [-0.2, -0.15) is 0 Å². The van der Waals surface area contributed by atoms with Crippen molar-refractivity contribution in [3.8, 4) is 0 Å². The Kier molecular flexibility index (Phi) is 5.84. The fraction of sp³-hybridized carbons (Fsp3) is 0.412. The first-order chi connectivity index (χ1) is 12.9. The number of benzene rings is 1. The van der Waals surface area contributed by atoms with Gasteiger partial charge >= 0.3 is 6.03 Å². The molecule has 10 heteroatoms. The minimum Gasteiger partial charge on any atom is -0.348 e. The van der Waals surface area contributed by atoms with Crippen molar-refractivity contribution in [2.45, 2.75) is 26.2 Å². The maximum absolute atomic E-state index is 13.9. The fourth-order valence-corrected chi connectivity index (χ4v) is 3.80. The molecule has 1 fully saturated rings. The second-order valence-corrected chi connectivity index (χ2v) is 7.16. The zero-order valence-corrected chi connectivity index (χ0v) is 15.6. The topological polar surface area (TPSA) is 100 Å². The van der Waals surface area contributed by atoms with Crippen LogP contribution in [0.15, 0.2) is 17.5 Å². The molecule has 2 aromatic rings. The van der Waals surface area contributed by atoms with E-state index in [1.54, 1.807) is 11.3 Å². The fourth-order valence-electron chi connectivity index (χ4n) is 2.89. The molecule has 1 aromatic carbocycles. The Morgan fingerprint density at radius 3 is 2.85 bits per heavy atom. The highest BCUT2D eigenvalue weighted by atomic mass is 32.1. The number of rotatable bonds is 6. The average molecular weight is 393 g/mol. The third-order valence-electron chi connectivity index (χ3n) is 4.31. The van der Waals surface area contributed by atoms with Crippen molar-refractivity contribution >= 4 is 33.9 Å². The van der Waals surface area contributed by atoms with Crippen LogP contribution in [-0.2, 0) is 6.42 Å². The second kappa shape index (κ2) is 8.30. The van der Waals surface area contributed by atoms with Gasteiger partial charge in [0.15, 0.2) is 5.13 Å². The Bertz CT molecular complexity index is 851. The Balaban J connectivity index is 1.51. The van der Waals surface area contributed by atoms with E-state index in [1.807, 2.05) is 5.38 Å². The number of anilines is 2. The van der Waals surface area contributed by atoms with E-state index in [1.165, 1.54) is 19.8 Å². The summed E-state index contributed by atoms with van der Waals surface area (Å²) in [5, 5.41) is 18.8. The maximum Gasteiger partial charge on any atom is 0.319 e. The average Bonchev–Trinajstić information content (AvgIpc) is 3.28. The summed E-state index contributed by atoms with van der Waals surface area (Å²) in [6.45, 7) is 3.82. The highest BCUT2D eigenvalue weighted by Crippen LogP contribution is 2.26. The third kappa shape index (κ3) is 4.70. The zero-order chi connectivity index (χ0) is 19.4. The molecule has 2 N–H and O–H groups in total. The molecule has 0 radical (unpaired) electrons. The monoisotopic (exact) mass is 393 g/mol. The molecule has 0 bridgehead atoms. The molecular weight excluding hydrogens is 373 g/mol. The summed E-state index contributed by atoms with van der Waals surface area (Å²) in [5.74, 6) is -0.719. The molecule has 0 atom stereocenters. The van der Waals surface area contributed by atoms with Crippen LogP contribution in [0.4, 0.5) is 25.7 Å². The number of carbonyl (C=O) groups is 1. The lowest BCUT2D eigenvalue weighted by Crippen LogP contribution is -2.30. The molecule has 0 aliphatic carbocycles. The van der Waals surface area contributed by atoms with E-state index >= 15 is 0 Å². The van der Waals surface area contributed by atoms with Gasteiger partial charge in [0.1, 0.15) is 5.82 Å². The Hall–Kier alpha value is -2.75.